The molecule has 2 atom stereocenters. The first-order valence-electron chi connectivity index (χ1n) is 8.08. The molecule has 1 aromatic heterocycles. The predicted molar refractivity (Wildman–Crippen MR) is 91.0 cm³/mol. The van der Waals surface area contributed by atoms with Gasteiger partial charge in [-0.3, -0.25) is 4.79 Å². The molecule has 0 unspecified atom stereocenters. The van der Waals surface area contributed by atoms with Crippen LogP contribution in [-0.4, -0.2) is 29.2 Å². The molecular formula is C17H18N3O4S-. The van der Waals surface area contributed by atoms with Crippen molar-refractivity contribution < 1.29 is 19.4 Å². The largest absolute Gasteiger partial charge is 0.550 e. The molecule has 0 saturated heterocycles. The molecule has 8 heteroatoms. The first kappa shape index (κ1) is 17.3. The number of carbonyl (C=O) groups excluding carboxylic acids is 2. The number of rotatable bonds is 5. The minimum absolute atomic E-state index is 0.327. The topological polar surface area (TPSA) is 104 Å². The van der Waals surface area contributed by atoms with Gasteiger partial charge in [0, 0.05) is 23.4 Å². The number of benzene rings is 1. The molecule has 0 bridgehead atoms. The van der Waals surface area contributed by atoms with E-state index in [1.165, 1.54) is 11.3 Å². The Morgan fingerprint density at radius 1 is 1.16 bits per heavy atom. The van der Waals surface area contributed by atoms with Gasteiger partial charge in [0.1, 0.15) is 10.8 Å². The van der Waals surface area contributed by atoms with Crippen LogP contribution in [0.15, 0.2) is 24.3 Å². The first-order valence-corrected chi connectivity index (χ1v) is 8.90. The van der Waals surface area contributed by atoms with E-state index in [-0.39, 0.29) is 5.91 Å². The van der Waals surface area contributed by atoms with E-state index in [2.05, 4.69) is 15.5 Å². The lowest BCUT2D eigenvalue weighted by atomic mass is 9.79. The molecule has 3 rings (SSSR count). The maximum Gasteiger partial charge on any atom is 0.229 e. The summed E-state index contributed by atoms with van der Waals surface area (Å²) in [4.78, 5) is 23.7. The lowest BCUT2D eigenvalue weighted by Gasteiger charge is -2.30. The van der Waals surface area contributed by atoms with Gasteiger partial charge in [-0.2, -0.15) is 0 Å². The van der Waals surface area contributed by atoms with Gasteiger partial charge in [0.25, 0.3) is 0 Å². The zero-order valence-corrected chi connectivity index (χ0v) is 14.5. The van der Waals surface area contributed by atoms with Gasteiger partial charge < -0.3 is 20.0 Å². The third kappa shape index (κ3) is 3.96. The molecule has 1 N–H and O–H groups in total. The molecule has 0 spiro atoms. The molecule has 1 fully saturated rings. The van der Waals surface area contributed by atoms with Gasteiger partial charge >= 0.3 is 0 Å². The van der Waals surface area contributed by atoms with E-state index in [0.717, 1.165) is 24.2 Å². The smallest absolute Gasteiger partial charge is 0.229 e. The molecule has 1 heterocycles. The molecule has 1 saturated carbocycles. The second-order valence-corrected chi connectivity index (χ2v) is 6.92. The molecule has 0 radical (unpaired) electrons. The van der Waals surface area contributed by atoms with Crippen LogP contribution in [0.3, 0.4) is 0 Å². The third-order valence-corrected chi connectivity index (χ3v) is 5.29. The van der Waals surface area contributed by atoms with Crippen LogP contribution < -0.4 is 15.2 Å². The fourth-order valence-electron chi connectivity index (χ4n) is 3.05. The Balaban J connectivity index is 1.69. The summed E-state index contributed by atoms with van der Waals surface area (Å²) in [6, 6.07) is 7.36. The number of aromatic nitrogens is 2. The fourth-order valence-corrected chi connectivity index (χ4v) is 3.80. The van der Waals surface area contributed by atoms with Gasteiger partial charge in [-0.25, -0.2) is 0 Å². The average molecular weight is 360 g/mol. The predicted octanol–water partition coefficient (Wildman–Crippen LogP) is 1.71. The summed E-state index contributed by atoms with van der Waals surface area (Å²) in [6.07, 6.45) is 2.68. The minimum Gasteiger partial charge on any atom is -0.550 e. The Hall–Kier alpha value is -2.48. The van der Waals surface area contributed by atoms with Crippen LogP contribution in [0.4, 0.5) is 5.13 Å². The second-order valence-electron chi connectivity index (χ2n) is 5.95. The molecule has 1 aromatic carbocycles. The number of carboxylic acids is 1. The van der Waals surface area contributed by atoms with Gasteiger partial charge in [-0.1, -0.05) is 24.2 Å². The molecule has 1 amide bonds. The number of nitrogens with one attached hydrogen (secondary N) is 1. The zero-order valence-electron chi connectivity index (χ0n) is 13.7. The van der Waals surface area contributed by atoms with Crippen molar-refractivity contribution in [3.63, 3.8) is 0 Å². The van der Waals surface area contributed by atoms with Crippen molar-refractivity contribution in [2.75, 3.05) is 12.4 Å². The lowest BCUT2D eigenvalue weighted by Crippen LogP contribution is -2.42. The maximum absolute atomic E-state index is 12.4. The molecule has 7 nitrogen and oxygen atoms in total. The molecule has 1 aliphatic carbocycles. The van der Waals surface area contributed by atoms with E-state index in [1.54, 1.807) is 7.11 Å². The van der Waals surface area contributed by atoms with Crippen LogP contribution in [0.1, 0.15) is 25.7 Å². The van der Waals surface area contributed by atoms with E-state index in [1.807, 2.05) is 24.3 Å². The highest BCUT2D eigenvalue weighted by Crippen LogP contribution is 2.32. The Kier molecular flexibility index (Phi) is 5.28. The van der Waals surface area contributed by atoms with Crippen molar-refractivity contribution >= 4 is 28.3 Å². The number of carboxylic acid groups (broad SMARTS) is 1. The van der Waals surface area contributed by atoms with Crippen molar-refractivity contribution in [1.82, 2.24) is 10.2 Å². The molecular weight excluding hydrogens is 342 g/mol. The van der Waals surface area contributed by atoms with Crippen LogP contribution >= 0.6 is 11.3 Å². The fraction of sp³-hybridized carbons (Fsp3) is 0.412. The van der Waals surface area contributed by atoms with Crippen LogP contribution in [0, 0.1) is 11.8 Å². The van der Waals surface area contributed by atoms with Crippen molar-refractivity contribution in [1.29, 1.82) is 0 Å². The Morgan fingerprint density at radius 2 is 1.84 bits per heavy atom. The SMILES string of the molecule is COc1ccc(-c2nnc(NC(=O)[C@H]3CCCC[C@H]3C(=O)[O-])s2)cc1. The van der Waals surface area contributed by atoms with Gasteiger partial charge in [-0.05, 0) is 37.1 Å². The lowest BCUT2D eigenvalue weighted by molar-refractivity contribution is -0.313. The normalized spacial score (nSPS) is 20.0. The zero-order chi connectivity index (χ0) is 17.8. The quantitative estimate of drug-likeness (QED) is 0.870. The van der Waals surface area contributed by atoms with E-state index < -0.39 is 17.8 Å². The monoisotopic (exact) mass is 360 g/mol. The van der Waals surface area contributed by atoms with E-state index in [9.17, 15) is 14.7 Å². The van der Waals surface area contributed by atoms with Crippen molar-refractivity contribution in [2.24, 2.45) is 11.8 Å². The Morgan fingerprint density at radius 3 is 2.48 bits per heavy atom. The number of hydrogen-bond donors (Lipinski definition) is 1. The average Bonchev–Trinajstić information content (AvgIpc) is 3.10. The summed E-state index contributed by atoms with van der Waals surface area (Å²) in [5.74, 6) is -2.05. The van der Waals surface area contributed by atoms with Gasteiger partial charge in [0.15, 0.2) is 0 Å². The number of anilines is 1. The highest BCUT2D eigenvalue weighted by atomic mass is 32.1. The number of hydrogen-bond acceptors (Lipinski definition) is 7. The van der Waals surface area contributed by atoms with E-state index in [0.29, 0.717) is 23.0 Å². The summed E-state index contributed by atoms with van der Waals surface area (Å²) in [6.45, 7) is 0. The van der Waals surface area contributed by atoms with Crippen LogP contribution in [0.2, 0.25) is 0 Å². The van der Waals surface area contributed by atoms with Crippen molar-refractivity contribution in [2.45, 2.75) is 25.7 Å². The second kappa shape index (κ2) is 7.60. The number of aliphatic carboxylic acids is 1. The van der Waals surface area contributed by atoms with Gasteiger partial charge in [0.05, 0.1) is 7.11 Å². The summed E-state index contributed by atoms with van der Waals surface area (Å²) in [5.41, 5.74) is 0.865. The molecule has 132 valence electrons. The number of methoxy groups -OCH3 is 1. The van der Waals surface area contributed by atoms with E-state index in [4.69, 9.17) is 4.74 Å². The molecule has 25 heavy (non-hydrogen) atoms. The summed E-state index contributed by atoms with van der Waals surface area (Å²) < 4.78 is 5.12. The number of carbonyl (C=O) groups is 2. The van der Waals surface area contributed by atoms with Crippen molar-refractivity contribution in [3.05, 3.63) is 24.3 Å². The standard InChI is InChI=1S/C17H19N3O4S/c1-24-11-8-6-10(7-9-11)15-19-20-17(25-15)18-14(21)12-4-2-3-5-13(12)16(22)23/h6-9,12-13H,2-5H2,1H3,(H,22,23)(H,18,20,21)/p-1/t12-,13+/m0/s1. The van der Waals surface area contributed by atoms with Crippen LogP contribution in [0.25, 0.3) is 10.6 Å². The highest BCUT2D eigenvalue weighted by molar-refractivity contribution is 7.18. The van der Waals surface area contributed by atoms with Gasteiger partial charge in [-0.15, -0.1) is 10.2 Å². The summed E-state index contributed by atoms with van der Waals surface area (Å²) >= 11 is 1.24. The summed E-state index contributed by atoms with van der Waals surface area (Å²) in [7, 11) is 1.60. The Bertz CT molecular complexity index is 760. The minimum atomic E-state index is -1.16. The maximum atomic E-state index is 12.4. The van der Waals surface area contributed by atoms with Crippen LogP contribution in [0.5, 0.6) is 5.75 Å². The van der Waals surface area contributed by atoms with E-state index >= 15 is 0 Å². The van der Waals surface area contributed by atoms with Crippen LogP contribution in [-0.2, 0) is 9.59 Å². The number of amides is 1. The highest BCUT2D eigenvalue weighted by Gasteiger charge is 2.32. The number of nitrogens with zero attached hydrogens (tertiary/aromatic N) is 2. The third-order valence-electron chi connectivity index (χ3n) is 4.40. The number of ether oxygens (including phenoxy) is 1. The molecule has 0 aliphatic heterocycles. The van der Waals surface area contributed by atoms with Gasteiger partial charge in [0.2, 0.25) is 11.0 Å². The summed E-state index contributed by atoms with van der Waals surface area (Å²) in [5, 5.41) is 23.0. The molecule has 2 aromatic rings. The molecule has 1 aliphatic rings. The first-order chi connectivity index (χ1) is 12.1. The Labute approximate surface area is 149 Å². The van der Waals surface area contributed by atoms with Crippen molar-refractivity contribution in [3.8, 4) is 16.3 Å².